The number of aromatic nitrogens is 1. The zero-order chi connectivity index (χ0) is 14.0. The van der Waals surface area contributed by atoms with Crippen molar-refractivity contribution >= 4 is 46.6 Å². The van der Waals surface area contributed by atoms with Crippen LogP contribution < -0.4 is 11.5 Å². The lowest BCUT2D eigenvalue weighted by Gasteiger charge is -2.06. The molecule has 2 rings (SSSR count). The molecule has 1 heterocycles. The molecule has 1 aromatic carbocycles. The fourth-order valence-corrected chi connectivity index (χ4v) is 2.55. The second-order valence-electron chi connectivity index (χ2n) is 3.63. The molecule has 2 aromatic rings. The zero-order valence-electron chi connectivity index (χ0n) is 9.56. The number of amides is 1. The number of nitrogen functional groups attached to an aromatic ring is 1. The first-order chi connectivity index (χ1) is 8.97. The molecular weight excluding hydrogens is 305 g/mol. The molecule has 0 aliphatic heterocycles. The number of hydrogen-bond acceptors (Lipinski definition) is 4. The van der Waals surface area contributed by atoms with Crippen LogP contribution in [0.2, 0.25) is 10.0 Å². The molecule has 0 saturated heterocycles. The maximum Gasteiger partial charge on any atom is 0.267 e. The Balaban J connectivity index is 2.34. The number of nitrogens with two attached hydrogens (primary N) is 2. The number of nitrogens with zero attached hydrogens (tertiary/aromatic N) is 1. The van der Waals surface area contributed by atoms with Crippen molar-refractivity contribution in [2.45, 2.75) is 9.92 Å². The molecule has 0 saturated carbocycles. The van der Waals surface area contributed by atoms with Gasteiger partial charge in [-0.3, -0.25) is 4.79 Å². The van der Waals surface area contributed by atoms with Gasteiger partial charge in [0.05, 0.1) is 15.7 Å². The summed E-state index contributed by atoms with van der Waals surface area (Å²) in [6.45, 7) is 0. The molecule has 1 amide bonds. The van der Waals surface area contributed by atoms with E-state index < -0.39 is 5.91 Å². The van der Waals surface area contributed by atoms with Gasteiger partial charge in [0.15, 0.2) is 0 Å². The third-order valence-electron chi connectivity index (χ3n) is 2.25. The summed E-state index contributed by atoms with van der Waals surface area (Å²) in [5.41, 5.74) is 11.6. The van der Waals surface area contributed by atoms with Crippen molar-refractivity contribution < 1.29 is 4.79 Å². The van der Waals surface area contributed by atoms with Crippen LogP contribution in [0.4, 0.5) is 5.69 Å². The van der Waals surface area contributed by atoms with E-state index in [4.69, 9.17) is 34.7 Å². The monoisotopic (exact) mass is 313 g/mol. The van der Waals surface area contributed by atoms with Crippen LogP contribution in [-0.4, -0.2) is 10.9 Å². The lowest BCUT2D eigenvalue weighted by molar-refractivity contribution is 0.0995. The summed E-state index contributed by atoms with van der Waals surface area (Å²) in [5, 5.41) is 1.41. The standard InChI is InChI=1S/C12H9Cl2N3OS/c13-7-2-1-6(5-8(7)14)19-12-9(15)3-4-10(17-12)11(16)18/h1-5H,15H2,(H2,16,18). The van der Waals surface area contributed by atoms with E-state index in [1.165, 1.54) is 17.8 Å². The van der Waals surface area contributed by atoms with E-state index in [-0.39, 0.29) is 5.69 Å². The summed E-state index contributed by atoms with van der Waals surface area (Å²) in [7, 11) is 0. The quantitative estimate of drug-likeness (QED) is 0.911. The number of pyridine rings is 1. The van der Waals surface area contributed by atoms with Gasteiger partial charge in [0.25, 0.3) is 5.91 Å². The highest BCUT2D eigenvalue weighted by Gasteiger charge is 2.09. The molecule has 0 bridgehead atoms. The van der Waals surface area contributed by atoms with E-state index in [0.29, 0.717) is 20.8 Å². The first kappa shape index (κ1) is 14.0. The SMILES string of the molecule is NC(=O)c1ccc(N)c(Sc2ccc(Cl)c(Cl)c2)n1. The Bertz CT molecular complexity index is 649. The number of carbonyl (C=O) groups is 1. The van der Waals surface area contributed by atoms with Crippen LogP contribution in [0, 0.1) is 0 Å². The van der Waals surface area contributed by atoms with Gasteiger partial charge in [-0.15, -0.1) is 0 Å². The summed E-state index contributed by atoms with van der Waals surface area (Å²) in [6.07, 6.45) is 0. The third kappa shape index (κ3) is 3.32. The van der Waals surface area contributed by atoms with E-state index >= 15 is 0 Å². The summed E-state index contributed by atoms with van der Waals surface area (Å²) in [6, 6.07) is 8.24. The molecule has 4 N–H and O–H groups in total. The number of anilines is 1. The first-order valence-corrected chi connectivity index (χ1v) is 6.74. The van der Waals surface area contributed by atoms with Crippen LogP contribution in [0.15, 0.2) is 40.3 Å². The van der Waals surface area contributed by atoms with Crippen molar-refractivity contribution in [1.29, 1.82) is 0 Å². The second-order valence-corrected chi connectivity index (χ2v) is 5.51. The fraction of sp³-hybridized carbons (Fsp3) is 0. The van der Waals surface area contributed by atoms with Crippen molar-refractivity contribution in [1.82, 2.24) is 4.98 Å². The molecule has 0 aliphatic rings. The Morgan fingerprint density at radius 2 is 1.89 bits per heavy atom. The first-order valence-electron chi connectivity index (χ1n) is 5.16. The lowest BCUT2D eigenvalue weighted by atomic mass is 10.3. The van der Waals surface area contributed by atoms with E-state index in [2.05, 4.69) is 4.98 Å². The summed E-state index contributed by atoms with van der Waals surface area (Å²) < 4.78 is 0. The molecule has 0 aliphatic carbocycles. The zero-order valence-corrected chi connectivity index (χ0v) is 11.9. The minimum Gasteiger partial charge on any atom is -0.397 e. The molecule has 0 fully saturated rings. The maximum atomic E-state index is 11.1. The van der Waals surface area contributed by atoms with Gasteiger partial charge in [-0.05, 0) is 30.3 Å². The van der Waals surface area contributed by atoms with Gasteiger partial charge in [-0.1, -0.05) is 35.0 Å². The molecule has 4 nitrogen and oxygen atoms in total. The Morgan fingerprint density at radius 3 is 2.53 bits per heavy atom. The van der Waals surface area contributed by atoms with Crippen LogP contribution in [0.5, 0.6) is 0 Å². The van der Waals surface area contributed by atoms with Crippen molar-refractivity contribution in [2.24, 2.45) is 5.73 Å². The molecule has 98 valence electrons. The minimum atomic E-state index is -0.601. The average Bonchev–Trinajstić information content (AvgIpc) is 2.36. The largest absolute Gasteiger partial charge is 0.397 e. The predicted molar refractivity (Wildman–Crippen MR) is 77.8 cm³/mol. The highest BCUT2D eigenvalue weighted by atomic mass is 35.5. The Labute approximate surface area is 124 Å². The van der Waals surface area contributed by atoms with Crippen molar-refractivity contribution in [3.05, 3.63) is 46.1 Å². The van der Waals surface area contributed by atoms with Gasteiger partial charge in [0, 0.05) is 4.90 Å². The second kappa shape index (κ2) is 5.69. The van der Waals surface area contributed by atoms with Gasteiger partial charge in [0.1, 0.15) is 10.7 Å². The Hall–Kier alpha value is -1.43. The van der Waals surface area contributed by atoms with Crippen LogP contribution in [0.25, 0.3) is 0 Å². The van der Waals surface area contributed by atoms with Gasteiger partial charge >= 0.3 is 0 Å². The molecular formula is C12H9Cl2N3OS. The summed E-state index contributed by atoms with van der Waals surface area (Å²) >= 11 is 13.1. The van der Waals surface area contributed by atoms with E-state index in [1.807, 2.05) is 0 Å². The summed E-state index contributed by atoms with van der Waals surface area (Å²) in [5.74, 6) is -0.601. The molecule has 7 heteroatoms. The predicted octanol–water partition coefficient (Wildman–Crippen LogP) is 3.22. The Morgan fingerprint density at radius 1 is 1.16 bits per heavy atom. The number of hydrogen-bond donors (Lipinski definition) is 2. The van der Waals surface area contributed by atoms with Gasteiger partial charge < -0.3 is 11.5 Å². The third-order valence-corrected chi connectivity index (χ3v) is 4.00. The molecule has 0 unspecified atom stereocenters. The van der Waals surface area contributed by atoms with Crippen LogP contribution in [0.1, 0.15) is 10.5 Å². The maximum absolute atomic E-state index is 11.1. The van der Waals surface area contributed by atoms with E-state index in [0.717, 1.165) is 4.90 Å². The van der Waals surface area contributed by atoms with Crippen LogP contribution in [0.3, 0.4) is 0 Å². The highest BCUT2D eigenvalue weighted by Crippen LogP contribution is 2.34. The van der Waals surface area contributed by atoms with Gasteiger partial charge in [-0.25, -0.2) is 4.98 Å². The highest BCUT2D eigenvalue weighted by molar-refractivity contribution is 7.99. The smallest absolute Gasteiger partial charge is 0.267 e. The normalized spacial score (nSPS) is 10.4. The molecule has 19 heavy (non-hydrogen) atoms. The molecule has 0 spiro atoms. The average molecular weight is 314 g/mol. The van der Waals surface area contributed by atoms with E-state index in [9.17, 15) is 4.79 Å². The lowest BCUT2D eigenvalue weighted by Crippen LogP contribution is -2.13. The van der Waals surface area contributed by atoms with Crippen molar-refractivity contribution in [3.8, 4) is 0 Å². The van der Waals surface area contributed by atoms with E-state index in [1.54, 1.807) is 24.3 Å². The van der Waals surface area contributed by atoms with Crippen LogP contribution >= 0.6 is 35.0 Å². The Kier molecular flexibility index (Phi) is 4.19. The topological polar surface area (TPSA) is 82.0 Å². The van der Waals surface area contributed by atoms with Crippen molar-refractivity contribution in [2.75, 3.05) is 5.73 Å². The molecule has 0 atom stereocenters. The number of carbonyl (C=O) groups excluding carboxylic acids is 1. The number of rotatable bonds is 3. The number of primary amides is 1. The van der Waals surface area contributed by atoms with Crippen molar-refractivity contribution in [3.63, 3.8) is 0 Å². The minimum absolute atomic E-state index is 0.164. The molecule has 1 aromatic heterocycles. The number of benzene rings is 1. The number of halogens is 2. The van der Waals surface area contributed by atoms with Crippen LogP contribution in [-0.2, 0) is 0 Å². The summed E-state index contributed by atoms with van der Waals surface area (Å²) in [4.78, 5) is 16.0. The fourth-order valence-electron chi connectivity index (χ4n) is 1.32. The molecule has 0 radical (unpaired) electrons. The van der Waals surface area contributed by atoms with Gasteiger partial charge in [-0.2, -0.15) is 0 Å². The van der Waals surface area contributed by atoms with Gasteiger partial charge in [0.2, 0.25) is 0 Å².